The summed E-state index contributed by atoms with van der Waals surface area (Å²) in [6.07, 6.45) is 6.13. The van der Waals surface area contributed by atoms with Crippen molar-refractivity contribution in [1.82, 2.24) is 4.90 Å². The molecule has 0 aromatic heterocycles. The molecule has 1 heterocycles. The third-order valence-corrected chi connectivity index (χ3v) is 3.58. The quantitative estimate of drug-likeness (QED) is 0.786. The normalized spacial score (nSPS) is 16.4. The molecule has 2 heteroatoms. The Hall–Kier alpha value is -1.28. The van der Waals surface area contributed by atoms with Gasteiger partial charge in [0, 0.05) is 13.1 Å². The first-order valence-corrected chi connectivity index (χ1v) is 6.89. The van der Waals surface area contributed by atoms with Crippen LogP contribution in [0.1, 0.15) is 31.7 Å². The fourth-order valence-corrected chi connectivity index (χ4v) is 2.36. The zero-order valence-electron chi connectivity index (χ0n) is 11.5. The molecule has 1 aliphatic heterocycles. The maximum Gasteiger partial charge on any atom is 0.118 e. The predicted octanol–water partition coefficient (Wildman–Crippen LogP) is 3.58. The Balaban J connectivity index is 1.95. The molecule has 1 aliphatic rings. The Morgan fingerprint density at radius 1 is 1.22 bits per heavy atom. The minimum Gasteiger partial charge on any atom is -0.497 e. The van der Waals surface area contributed by atoms with Gasteiger partial charge in [0.2, 0.25) is 0 Å². The molecule has 0 saturated heterocycles. The number of hydrogen-bond donors (Lipinski definition) is 0. The Bertz CT molecular complexity index is 394. The molecule has 0 spiro atoms. The van der Waals surface area contributed by atoms with Gasteiger partial charge in [-0.1, -0.05) is 31.6 Å². The van der Waals surface area contributed by atoms with Gasteiger partial charge in [0.25, 0.3) is 0 Å². The van der Waals surface area contributed by atoms with Crippen LogP contribution in [0.4, 0.5) is 0 Å². The van der Waals surface area contributed by atoms with Crippen LogP contribution in [0.2, 0.25) is 0 Å². The van der Waals surface area contributed by atoms with E-state index in [1.54, 1.807) is 7.11 Å². The van der Waals surface area contributed by atoms with Gasteiger partial charge in [0.1, 0.15) is 5.75 Å². The van der Waals surface area contributed by atoms with Gasteiger partial charge in [-0.2, -0.15) is 0 Å². The van der Waals surface area contributed by atoms with Gasteiger partial charge in [0.05, 0.1) is 7.11 Å². The number of unbranched alkanes of at least 4 members (excludes halogenated alkanes) is 1. The van der Waals surface area contributed by atoms with E-state index in [1.165, 1.54) is 37.1 Å². The van der Waals surface area contributed by atoms with Crippen molar-refractivity contribution < 1.29 is 4.74 Å². The molecule has 0 N–H and O–H groups in total. The maximum atomic E-state index is 5.19. The Morgan fingerprint density at radius 2 is 2.00 bits per heavy atom. The van der Waals surface area contributed by atoms with E-state index in [-0.39, 0.29) is 0 Å². The molecule has 1 aromatic carbocycles. The second-order valence-corrected chi connectivity index (χ2v) is 4.86. The van der Waals surface area contributed by atoms with E-state index in [0.717, 1.165) is 18.7 Å². The first-order valence-electron chi connectivity index (χ1n) is 6.89. The van der Waals surface area contributed by atoms with E-state index in [2.05, 4.69) is 30.0 Å². The number of methoxy groups -OCH3 is 1. The van der Waals surface area contributed by atoms with Crippen molar-refractivity contribution in [3.05, 3.63) is 35.9 Å². The molecular weight excluding hydrogens is 222 g/mol. The highest BCUT2D eigenvalue weighted by Gasteiger charge is 2.12. The summed E-state index contributed by atoms with van der Waals surface area (Å²) in [5.74, 6) is 0.930. The summed E-state index contributed by atoms with van der Waals surface area (Å²) in [6, 6.07) is 8.40. The molecule has 0 bridgehead atoms. The third kappa shape index (κ3) is 3.36. The number of benzene rings is 1. The number of nitrogens with zero attached hydrogens (tertiary/aromatic N) is 1. The first kappa shape index (κ1) is 13.2. The summed E-state index contributed by atoms with van der Waals surface area (Å²) in [5.41, 5.74) is 2.82. The molecule has 98 valence electrons. The van der Waals surface area contributed by atoms with Gasteiger partial charge < -0.3 is 4.74 Å². The molecule has 1 aromatic rings. The van der Waals surface area contributed by atoms with Crippen molar-refractivity contribution in [2.45, 2.75) is 26.2 Å². The van der Waals surface area contributed by atoms with Crippen LogP contribution in [0.15, 0.2) is 30.3 Å². The van der Waals surface area contributed by atoms with Crippen LogP contribution in [0.3, 0.4) is 0 Å². The minimum atomic E-state index is 0.930. The Kier molecular flexibility index (Phi) is 4.82. The smallest absolute Gasteiger partial charge is 0.118 e. The number of hydrogen-bond acceptors (Lipinski definition) is 2. The molecule has 0 aliphatic carbocycles. The highest BCUT2D eigenvalue weighted by atomic mass is 16.5. The highest BCUT2D eigenvalue weighted by Crippen LogP contribution is 2.24. The van der Waals surface area contributed by atoms with E-state index in [0.29, 0.717) is 0 Å². The SMILES string of the molecule is CCCCN1CC=C(c2ccc(OC)cc2)CC1. The minimum absolute atomic E-state index is 0.930. The van der Waals surface area contributed by atoms with Crippen molar-refractivity contribution in [2.75, 3.05) is 26.7 Å². The molecule has 0 amide bonds. The predicted molar refractivity (Wildman–Crippen MR) is 76.9 cm³/mol. The Labute approximate surface area is 110 Å². The van der Waals surface area contributed by atoms with Crippen LogP contribution < -0.4 is 4.74 Å². The third-order valence-electron chi connectivity index (χ3n) is 3.58. The van der Waals surface area contributed by atoms with E-state index in [9.17, 15) is 0 Å². The summed E-state index contributed by atoms with van der Waals surface area (Å²) in [7, 11) is 1.71. The van der Waals surface area contributed by atoms with E-state index < -0.39 is 0 Å². The standard InChI is InChI=1S/C16H23NO/c1-3-4-11-17-12-9-15(10-13-17)14-5-7-16(18-2)8-6-14/h5-9H,3-4,10-13H2,1-2H3. The van der Waals surface area contributed by atoms with Crippen LogP contribution in [0.25, 0.3) is 5.57 Å². The van der Waals surface area contributed by atoms with Crippen molar-refractivity contribution in [3.63, 3.8) is 0 Å². The van der Waals surface area contributed by atoms with Crippen molar-refractivity contribution in [3.8, 4) is 5.75 Å². The lowest BCUT2D eigenvalue weighted by Crippen LogP contribution is -2.29. The lowest BCUT2D eigenvalue weighted by Gasteiger charge is -2.26. The molecule has 2 nitrogen and oxygen atoms in total. The molecule has 0 saturated carbocycles. The molecule has 0 fully saturated rings. The largest absolute Gasteiger partial charge is 0.497 e. The highest BCUT2D eigenvalue weighted by molar-refractivity contribution is 5.67. The van der Waals surface area contributed by atoms with Crippen LogP contribution in [-0.4, -0.2) is 31.6 Å². The van der Waals surface area contributed by atoms with Crippen LogP contribution in [0.5, 0.6) is 5.75 Å². The van der Waals surface area contributed by atoms with Gasteiger partial charge in [-0.15, -0.1) is 0 Å². The summed E-state index contributed by atoms with van der Waals surface area (Å²) in [4.78, 5) is 2.54. The molecule has 0 unspecified atom stereocenters. The summed E-state index contributed by atoms with van der Waals surface area (Å²) in [5, 5.41) is 0. The zero-order chi connectivity index (χ0) is 12.8. The van der Waals surface area contributed by atoms with Crippen molar-refractivity contribution in [2.24, 2.45) is 0 Å². The topological polar surface area (TPSA) is 12.5 Å². The van der Waals surface area contributed by atoms with E-state index in [1.807, 2.05) is 12.1 Å². The molecular formula is C16H23NO. The maximum absolute atomic E-state index is 5.19. The number of rotatable bonds is 5. The monoisotopic (exact) mass is 245 g/mol. The molecule has 2 rings (SSSR count). The summed E-state index contributed by atoms with van der Waals surface area (Å²) >= 11 is 0. The van der Waals surface area contributed by atoms with E-state index >= 15 is 0 Å². The average molecular weight is 245 g/mol. The fraction of sp³-hybridized carbons (Fsp3) is 0.500. The van der Waals surface area contributed by atoms with Crippen LogP contribution >= 0.6 is 0 Å². The van der Waals surface area contributed by atoms with Gasteiger partial charge in [-0.3, -0.25) is 4.90 Å². The lowest BCUT2D eigenvalue weighted by molar-refractivity contribution is 0.297. The average Bonchev–Trinajstić information content (AvgIpc) is 2.46. The summed E-state index contributed by atoms with van der Waals surface area (Å²) < 4.78 is 5.19. The van der Waals surface area contributed by atoms with Gasteiger partial charge in [-0.25, -0.2) is 0 Å². The molecule has 0 atom stereocenters. The second-order valence-electron chi connectivity index (χ2n) is 4.86. The van der Waals surface area contributed by atoms with E-state index in [4.69, 9.17) is 4.74 Å². The fourth-order valence-electron chi connectivity index (χ4n) is 2.36. The lowest BCUT2D eigenvalue weighted by atomic mass is 9.99. The second kappa shape index (κ2) is 6.60. The van der Waals surface area contributed by atoms with Crippen molar-refractivity contribution >= 4 is 5.57 Å². The van der Waals surface area contributed by atoms with Gasteiger partial charge >= 0.3 is 0 Å². The van der Waals surface area contributed by atoms with Gasteiger partial charge in [-0.05, 0) is 42.7 Å². The van der Waals surface area contributed by atoms with Gasteiger partial charge in [0.15, 0.2) is 0 Å². The van der Waals surface area contributed by atoms with Crippen LogP contribution in [0, 0.1) is 0 Å². The zero-order valence-corrected chi connectivity index (χ0v) is 11.5. The Morgan fingerprint density at radius 3 is 2.56 bits per heavy atom. The van der Waals surface area contributed by atoms with Crippen LogP contribution in [-0.2, 0) is 0 Å². The summed E-state index contributed by atoms with van der Waals surface area (Å²) in [6.45, 7) is 5.78. The first-order chi connectivity index (χ1) is 8.83. The van der Waals surface area contributed by atoms with Crippen molar-refractivity contribution in [1.29, 1.82) is 0 Å². The molecule has 18 heavy (non-hydrogen) atoms. The molecule has 0 radical (unpaired) electrons. The number of ether oxygens (including phenoxy) is 1.